The van der Waals surface area contributed by atoms with Gasteiger partial charge in [0.15, 0.2) is 0 Å². The van der Waals surface area contributed by atoms with E-state index in [4.69, 9.17) is 11.6 Å². The highest BCUT2D eigenvalue weighted by Gasteiger charge is 2.21. The van der Waals surface area contributed by atoms with E-state index in [1.165, 1.54) is 11.5 Å². The average Bonchev–Trinajstić information content (AvgIpc) is 2.76. The Morgan fingerprint density at radius 2 is 2.17 bits per heavy atom. The van der Waals surface area contributed by atoms with Crippen LogP contribution >= 0.6 is 23.1 Å². The van der Waals surface area contributed by atoms with Gasteiger partial charge in [0.05, 0.1) is 0 Å². The first-order valence-corrected chi connectivity index (χ1v) is 7.07. The first-order chi connectivity index (χ1) is 8.70. The Morgan fingerprint density at radius 1 is 1.44 bits per heavy atom. The van der Waals surface area contributed by atoms with Crippen LogP contribution < -0.4 is 5.32 Å². The van der Waals surface area contributed by atoms with Gasteiger partial charge in [-0.25, -0.2) is 4.79 Å². The summed E-state index contributed by atoms with van der Waals surface area (Å²) in [6.07, 6.45) is 0. The number of nitrogens with one attached hydrogen (secondary N) is 1. The Hall–Kier alpha value is -0.920. The van der Waals surface area contributed by atoms with E-state index in [9.17, 15) is 4.79 Å². The van der Waals surface area contributed by atoms with Gasteiger partial charge in [-0.3, -0.25) is 4.90 Å². The van der Waals surface area contributed by atoms with Crippen molar-refractivity contribution in [1.82, 2.24) is 24.7 Å². The molecule has 0 spiro atoms. The molecule has 0 atom stereocenters. The second-order valence-electron chi connectivity index (χ2n) is 4.09. The van der Waals surface area contributed by atoms with Crippen molar-refractivity contribution < 1.29 is 4.79 Å². The highest BCUT2D eigenvalue weighted by Crippen LogP contribution is 2.19. The minimum absolute atomic E-state index is 0.0190. The van der Waals surface area contributed by atoms with Crippen molar-refractivity contribution in [2.24, 2.45) is 0 Å². The number of aromatic nitrogens is 2. The topological polar surface area (TPSA) is 61.4 Å². The summed E-state index contributed by atoms with van der Waals surface area (Å²) >= 11 is 7.18. The van der Waals surface area contributed by atoms with Gasteiger partial charge < -0.3 is 10.2 Å². The highest BCUT2D eigenvalue weighted by atomic mass is 35.5. The molecule has 0 unspecified atom stereocenters. The predicted molar refractivity (Wildman–Crippen MR) is 70.8 cm³/mol. The third kappa shape index (κ3) is 3.30. The van der Waals surface area contributed by atoms with Crippen LogP contribution in [0.5, 0.6) is 0 Å². The van der Waals surface area contributed by atoms with E-state index < -0.39 is 0 Å². The van der Waals surface area contributed by atoms with Gasteiger partial charge in [0.2, 0.25) is 0 Å². The molecule has 2 amide bonds. The van der Waals surface area contributed by atoms with E-state index in [-0.39, 0.29) is 6.03 Å². The molecular formula is C10H16ClN5OS. The fourth-order valence-corrected chi connectivity index (χ4v) is 2.49. The zero-order chi connectivity index (χ0) is 13.0. The van der Waals surface area contributed by atoms with E-state index in [1.807, 2.05) is 11.8 Å². The van der Waals surface area contributed by atoms with Crippen LogP contribution in [-0.2, 0) is 6.54 Å². The molecular weight excluding hydrogens is 274 g/mol. The number of carbonyl (C=O) groups is 1. The second-order valence-corrected chi connectivity index (χ2v) is 5.45. The van der Waals surface area contributed by atoms with Gasteiger partial charge in [-0.2, -0.15) is 0 Å². The number of urea groups is 1. The van der Waals surface area contributed by atoms with Crippen molar-refractivity contribution in [3.63, 3.8) is 0 Å². The number of rotatable bonds is 3. The smallest absolute Gasteiger partial charge is 0.317 e. The van der Waals surface area contributed by atoms with Gasteiger partial charge in [0, 0.05) is 50.8 Å². The van der Waals surface area contributed by atoms with Crippen LogP contribution in [0.1, 0.15) is 12.6 Å². The molecule has 0 bridgehead atoms. The molecule has 0 aromatic carbocycles. The largest absolute Gasteiger partial charge is 0.338 e. The standard InChI is InChI=1S/C10H16ClN5OS/c1-2-12-10(17)16-5-3-15(4-6-16)7-8-9(11)18-14-13-8/h2-7H2,1H3,(H,12,17). The number of carbonyl (C=O) groups excluding carboxylic acids is 1. The summed E-state index contributed by atoms with van der Waals surface area (Å²) in [6, 6.07) is 0.0190. The number of hydrogen-bond donors (Lipinski definition) is 1. The van der Waals surface area contributed by atoms with Crippen molar-refractivity contribution in [2.45, 2.75) is 13.5 Å². The fraction of sp³-hybridized carbons (Fsp3) is 0.700. The van der Waals surface area contributed by atoms with E-state index in [0.717, 1.165) is 31.9 Å². The summed E-state index contributed by atoms with van der Waals surface area (Å²) < 4.78 is 4.47. The van der Waals surface area contributed by atoms with Crippen molar-refractivity contribution in [1.29, 1.82) is 0 Å². The van der Waals surface area contributed by atoms with Gasteiger partial charge in [-0.1, -0.05) is 16.1 Å². The first-order valence-electron chi connectivity index (χ1n) is 5.92. The number of nitrogens with zero attached hydrogens (tertiary/aromatic N) is 4. The minimum Gasteiger partial charge on any atom is -0.338 e. The zero-order valence-electron chi connectivity index (χ0n) is 10.2. The fourth-order valence-electron chi connectivity index (χ4n) is 1.88. The molecule has 0 aliphatic carbocycles. The minimum atomic E-state index is 0.0190. The maximum Gasteiger partial charge on any atom is 0.317 e. The molecule has 1 N–H and O–H groups in total. The van der Waals surface area contributed by atoms with Crippen LogP contribution in [0.4, 0.5) is 4.79 Å². The zero-order valence-corrected chi connectivity index (χ0v) is 11.8. The van der Waals surface area contributed by atoms with Crippen molar-refractivity contribution in [3.8, 4) is 0 Å². The number of halogens is 1. The molecule has 8 heteroatoms. The molecule has 100 valence electrons. The highest BCUT2D eigenvalue weighted by molar-refractivity contribution is 7.10. The molecule has 1 aromatic heterocycles. The lowest BCUT2D eigenvalue weighted by Gasteiger charge is -2.34. The normalized spacial score (nSPS) is 16.9. The van der Waals surface area contributed by atoms with E-state index in [0.29, 0.717) is 17.4 Å². The van der Waals surface area contributed by atoms with Gasteiger partial charge in [0.1, 0.15) is 10.0 Å². The Balaban J connectivity index is 1.80. The number of amides is 2. The van der Waals surface area contributed by atoms with Gasteiger partial charge in [-0.15, -0.1) is 5.10 Å². The summed E-state index contributed by atoms with van der Waals surface area (Å²) in [4.78, 5) is 15.7. The molecule has 6 nitrogen and oxygen atoms in total. The van der Waals surface area contributed by atoms with Crippen LogP contribution in [0.2, 0.25) is 4.34 Å². The summed E-state index contributed by atoms with van der Waals surface area (Å²) in [5.41, 5.74) is 0.827. The average molecular weight is 290 g/mol. The molecule has 1 aliphatic rings. The van der Waals surface area contributed by atoms with Gasteiger partial charge in [-0.05, 0) is 6.92 Å². The van der Waals surface area contributed by atoms with Crippen LogP contribution in [0, 0.1) is 0 Å². The van der Waals surface area contributed by atoms with Crippen LogP contribution in [-0.4, -0.2) is 58.1 Å². The Morgan fingerprint density at radius 3 is 2.72 bits per heavy atom. The van der Waals surface area contributed by atoms with Crippen molar-refractivity contribution >= 4 is 29.2 Å². The lowest BCUT2D eigenvalue weighted by atomic mass is 10.3. The third-order valence-electron chi connectivity index (χ3n) is 2.87. The maximum atomic E-state index is 11.6. The van der Waals surface area contributed by atoms with Crippen LogP contribution in [0.15, 0.2) is 0 Å². The summed E-state index contributed by atoms with van der Waals surface area (Å²) in [5.74, 6) is 0. The van der Waals surface area contributed by atoms with E-state index in [2.05, 4.69) is 19.8 Å². The lowest BCUT2D eigenvalue weighted by molar-refractivity contribution is 0.135. The Bertz CT molecular complexity index is 405. The van der Waals surface area contributed by atoms with E-state index >= 15 is 0 Å². The van der Waals surface area contributed by atoms with Crippen molar-refractivity contribution in [3.05, 3.63) is 10.0 Å². The molecule has 18 heavy (non-hydrogen) atoms. The van der Waals surface area contributed by atoms with Gasteiger partial charge in [0.25, 0.3) is 0 Å². The molecule has 1 saturated heterocycles. The van der Waals surface area contributed by atoms with Gasteiger partial charge >= 0.3 is 6.03 Å². The summed E-state index contributed by atoms with van der Waals surface area (Å²) in [5, 5.41) is 6.81. The monoisotopic (exact) mass is 289 g/mol. The predicted octanol–water partition coefficient (Wildman–Crippen LogP) is 1.04. The van der Waals surface area contributed by atoms with E-state index in [1.54, 1.807) is 0 Å². The molecule has 2 rings (SSSR count). The molecule has 0 radical (unpaired) electrons. The quantitative estimate of drug-likeness (QED) is 0.903. The summed E-state index contributed by atoms with van der Waals surface area (Å²) in [6.45, 7) is 6.45. The molecule has 1 aromatic rings. The Kier molecular flexibility index (Phi) is 4.73. The first kappa shape index (κ1) is 13.5. The molecule has 0 saturated carbocycles. The lowest BCUT2D eigenvalue weighted by Crippen LogP contribution is -2.51. The van der Waals surface area contributed by atoms with Crippen LogP contribution in [0.25, 0.3) is 0 Å². The Labute approximate surface area is 115 Å². The van der Waals surface area contributed by atoms with Crippen molar-refractivity contribution in [2.75, 3.05) is 32.7 Å². The maximum absolute atomic E-state index is 11.6. The third-order valence-corrected chi connectivity index (χ3v) is 3.85. The second kappa shape index (κ2) is 6.31. The number of hydrogen-bond acceptors (Lipinski definition) is 5. The molecule has 1 aliphatic heterocycles. The molecule has 1 fully saturated rings. The number of piperazine rings is 1. The molecule has 2 heterocycles. The van der Waals surface area contributed by atoms with Crippen LogP contribution in [0.3, 0.4) is 0 Å². The SMILES string of the molecule is CCNC(=O)N1CCN(Cc2nnsc2Cl)CC1. The summed E-state index contributed by atoms with van der Waals surface area (Å²) in [7, 11) is 0.